The lowest BCUT2D eigenvalue weighted by molar-refractivity contribution is -0.117. The molecule has 0 bridgehead atoms. The molecular formula is C17H25NO2. The van der Waals surface area contributed by atoms with Gasteiger partial charge < -0.3 is 10.1 Å². The van der Waals surface area contributed by atoms with E-state index in [1.807, 2.05) is 31.3 Å². The van der Waals surface area contributed by atoms with Crippen molar-refractivity contribution >= 4 is 11.6 Å². The van der Waals surface area contributed by atoms with Crippen LogP contribution in [0.5, 0.6) is 0 Å². The first-order valence-corrected chi connectivity index (χ1v) is 7.39. The summed E-state index contributed by atoms with van der Waals surface area (Å²) in [7, 11) is 1.91. The lowest BCUT2D eigenvalue weighted by Crippen LogP contribution is -2.05. The van der Waals surface area contributed by atoms with Gasteiger partial charge in [-0.2, -0.15) is 0 Å². The number of benzene rings is 1. The van der Waals surface area contributed by atoms with Gasteiger partial charge in [-0.05, 0) is 32.4 Å². The van der Waals surface area contributed by atoms with Crippen LogP contribution < -0.4 is 5.32 Å². The van der Waals surface area contributed by atoms with E-state index in [0.29, 0.717) is 12.8 Å². The maximum Gasteiger partial charge on any atom is 0.162 e. The Hall–Kier alpha value is -1.48. The zero-order valence-corrected chi connectivity index (χ0v) is 12.6. The third-order valence-corrected chi connectivity index (χ3v) is 3.34. The highest BCUT2D eigenvalue weighted by Crippen LogP contribution is 2.11. The number of hydrogen-bond donors (Lipinski definition) is 1. The SMILES string of the molecule is CNCc1ccc(C(=O)CCCCCCC(C)=O)cc1. The summed E-state index contributed by atoms with van der Waals surface area (Å²) in [4.78, 5) is 22.8. The summed E-state index contributed by atoms with van der Waals surface area (Å²) in [5.41, 5.74) is 1.99. The van der Waals surface area contributed by atoms with Crippen LogP contribution in [0.4, 0.5) is 0 Å². The van der Waals surface area contributed by atoms with Gasteiger partial charge in [-0.25, -0.2) is 0 Å². The van der Waals surface area contributed by atoms with Gasteiger partial charge >= 0.3 is 0 Å². The van der Waals surface area contributed by atoms with Crippen molar-refractivity contribution in [2.45, 2.75) is 52.0 Å². The Morgan fingerprint density at radius 1 is 0.950 bits per heavy atom. The summed E-state index contributed by atoms with van der Waals surface area (Å²) in [6, 6.07) is 7.81. The Bertz CT molecular complexity index is 423. The molecule has 0 aliphatic rings. The molecule has 0 fully saturated rings. The second-order valence-corrected chi connectivity index (χ2v) is 5.27. The van der Waals surface area contributed by atoms with Gasteiger partial charge in [0.15, 0.2) is 5.78 Å². The van der Waals surface area contributed by atoms with Crippen molar-refractivity contribution in [3.63, 3.8) is 0 Å². The van der Waals surface area contributed by atoms with E-state index in [0.717, 1.165) is 37.8 Å². The van der Waals surface area contributed by atoms with Crippen LogP contribution in [0.2, 0.25) is 0 Å². The first kappa shape index (κ1) is 16.6. The van der Waals surface area contributed by atoms with Crippen LogP contribution in [0, 0.1) is 0 Å². The molecule has 1 aromatic rings. The van der Waals surface area contributed by atoms with Crippen molar-refractivity contribution in [3.8, 4) is 0 Å². The molecule has 0 atom stereocenters. The number of unbranched alkanes of at least 4 members (excludes halogenated alkanes) is 3. The molecule has 0 saturated heterocycles. The summed E-state index contributed by atoms with van der Waals surface area (Å²) in [6.45, 7) is 2.45. The Balaban J connectivity index is 2.23. The summed E-state index contributed by atoms with van der Waals surface area (Å²) in [5, 5.41) is 3.09. The number of ketones is 2. The topological polar surface area (TPSA) is 46.2 Å². The van der Waals surface area contributed by atoms with Gasteiger partial charge in [0.05, 0.1) is 0 Å². The molecule has 1 aromatic carbocycles. The van der Waals surface area contributed by atoms with Gasteiger partial charge in [0.1, 0.15) is 5.78 Å². The van der Waals surface area contributed by atoms with Gasteiger partial charge in [-0.3, -0.25) is 4.79 Å². The number of Topliss-reactive ketones (excluding diaryl/α,β-unsaturated/α-hetero) is 2. The Kier molecular flexibility index (Phi) is 7.81. The molecule has 0 saturated carbocycles. The number of carbonyl (C=O) groups is 2. The minimum atomic E-state index is 0.215. The van der Waals surface area contributed by atoms with Crippen molar-refractivity contribution in [2.24, 2.45) is 0 Å². The van der Waals surface area contributed by atoms with E-state index in [1.54, 1.807) is 6.92 Å². The average molecular weight is 275 g/mol. The third kappa shape index (κ3) is 6.62. The van der Waals surface area contributed by atoms with Crippen LogP contribution >= 0.6 is 0 Å². The van der Waals surface area contributed by atoms with Gasteiger partial charge in [0, 0.05) is 24.9 Å². The molecule has 0 radical (unpaired) electrons. The number of hydrogen-bond acceptors (Lipinski definition) is 3. The van der Waals surface area contributed by atoms with E-state index in [-0.39, 0.29) is 11.6 Å². The lowest BCUT2D eigenvalue weighted by atomic mass is 10.0. The number of carbonyl (C=O) groups excluding carboxylic acids is 2. The van der Waals surface area contributed by atoms with Crippen molar-refractivity contribution in [1.29, 1.82) is 0 Å². The highest BCUT2D eigenvalue weighted by atomic mass is 16.1. The second-order valence-electron chi connectivity index (χ2n) is 5.27. The quantitative estimate of drug-likeness (QED) is 0.525. The fourth-order valence-corrected chi connectivity index (χ4v) is 2.17. The van der Waals surface area contributed by atoms with E-state index >= 15 is 0 Å². The van der Waals surface area contributed by atoms with E-state index in [4.69, 9.17) is 0 Å². The van der Waals surface area contributed by atoms with Gasteiger partial charge in [0.2, 0.25) is 0 Å². The lowest BCUT2D eigenvalue weighted by Gasteiger charge is -2.04. The Morgan fingerprint density at radius 2 is 1.55 bits per heavy atom. The van der Waals surface area contributed by atoms with Crippen LogP contribution in [0.1, 0.15) is 61.4 Å². The Labute approximate surface area is 121 Å². The Morgan fingerprint density at radius 3 is 2.10 bits per heavy atom. The highest BCUT2D eigenvalue weighted by Gasteiger charge is 2.05. The first-order valence-electron chi connectivity index (χ1n) is 7.39. The number of nitrogens with one attached hydrogen (secondary N) is 1. The van der Waals surface area contributed by atoms with Gasteiger partial charge in [-0.15, -0.1) is 0 Å². The molecule has 0 spiro atoms. The van der Waals surface area contributed by atoms with Crippen LogP contribution in [0.3, 0.4) is 0 Å². The number of rotatable bonds is 10. The van der Waals surface area contributed by atoms with E-state index in [2.05, 4.69) is 5.32 Å². The normalized spacial score (nSPS) is 10.5. The zero-order chi connectivity index (χ0) is 14.8. The van der Waals surface area contributed by atoms with Gasteiger partial charge in [0.25, 0.3) is 0 Å². The fraction of sp³-hybridized carbons (Fsp3) is 0.529. The minimum absolute atomic E-state index is 0.215. The predicted molar refractivity (Wildman–Crippen MR) is 81.9 cm³/mol. The molecule has 0 amide bonds. The molecule has 0 aliphatic heterocycles. The van der Waals surface area contributed by atoms with Crippen molar-refractivity contribution in [3.05, 3.63) is 35.4 Å². The van der Waals surface area contributed by atoms with E-state index in [9.17, 15) is 9.59 Å². The molecule has 3 heteroatoms. The largest absolute Gasteiger partial charge is 0.316 e. The molecule has 1 rings (SSSR count). The molecule has 3 nitrogen and oxygen atoms in total. The fourth-order valence-electron chi connectivity index (χ4n) is 2.17. The summed E-state index contributed by atoms with van der Waals surface area (Å²) >= 11 is 0. The summed E-state index contributed by atoms with van der Waals surface area (Å²) < 4.78 is 0. The van der Waals surface area contributed by atoms with Crippen LogP contribution in [0.15, 0.2) is 24.3 Å². The second kappa shape index (κ2) is 9.43. The highest BCUT2D eigenvalue weighted by molar-refractivity contribution is 5.96. The molecule has 0 unspecified atom stereocenters. The van der Waals surface area contributed by atoms with E-state index < -0.39 is 0 Å². The van der Waals surface area contributed by atoms with Crippen molar-refractivity contribution in [2.75, 3.05) is 7.05 Å². The molecular weight excluding hydrogens is 250 g/mol. The molecule has 0 aromatic heterocycles. The summed E-state index contributed by atoms with van der Waals surface area (Å²) in [6.07, 6.45) is 5.19. The molecule has 1 N–H and O–H groups in total. The minimum Gasteiger partial charge on any atom is -0.316 e. The molecule has 20 heavy (non-hydrogen) atoms. The average Bonchev–Trinajstić information content (AvgIpc) is 2.43. The zero-order valence-electron chi connectivity index (χ0n) is 12.6. The first-order chi connectivity index (χ1) is 9.63. The standard InChI is InChI=1S/C17H25NO2/c1-14(19)7-5-3-4-6-8-17(20)16-11-9-15(10-12-16)13-18-2/h9-12,18H,3-8,13H2,1-2H3. The molecule has 110 valence electrons. The predicted octanol–water partition coefficient (Wildman–Crippen LogP) is 3.52. The summed E-state index contributed by atoms with van der Waals surface area (Å²) in [5.74, 6) is 0.468. The molecule has 0 aliphatic carbocycles. The maximum absolute atomic E-state index is 12.0. The van der Waals surface area contributed by atoms with Crippen molar-refractivity contribution in [1.82, 2.24) is 5.32 Å². The van der Waals surface area contributed by atoms with Crippen molar-refractivity contribution < 1.29 is 9.59 Å². The maximum atomic E-state index is 12.0. The third-order valence-electron chi connectivity index (χ3n) is 3.34. The molecule has 0 heterocycles. The van der Waals surface area contributed by atoms with Gasteiger partial charge in [-0.1, -0.05) is 37.1 Å². The van der Waals surface area contributed by atoms with E-state index in [1.165, 1.54) is 5.56 Å². The van der Waals surface area contributed by atoms with Crippen LogP contribution in [-0.2, 0) is 11.3 Å². The van der Waals surface area contributed by atoms with Crippen LogP contribution in [-0.4, -0.2) is 18.6 Å². The monoisotopic (exact) mass is 275 g/mol. The van der Waals surface area contributed by atoms with Crippen LogP contribution in [0.25, 0.3) is 0 Å². The smallest absolute Gasteiger partial charge is 0.162 e.